The average molecular weight is 309 g/mol. The molecule has 0 unspecified atom stereocenters. The number of amides is 1. The minimum Gasteiger partial charge on any atom is -0.496 e. The number of benzene rings is 1. The molecule has 2 aromatic rings. The summed E-state index contributed by atoms with van der Waals surface area (Å²) in [6.45, 7) is 1.84. The summed E-state index contributed by atoms with van der Waals surface area (Å²) < 4.78 is 5.16. The summed E-state index contributed by atoms with van der Waals surface area (Å²) in [6, 6.07) is 11.5. The molecule has 0 spiro atoms. The highest BCUT2D eigenvalue weighted by Crippen LogP contribution is 2.21. The number of anilines is 1. The van der Waals surface area contributed by atoms with Crippen LogP contribution < -0.4 is 10.1 Å². The van der Waals surface area contributed by atoms with E-state index in [0.29, 0.717) is 5.75 Å². The smallest absolute Gasteiger partial charge is 0.250 e. The SMILES string of the molecule is COc1cc(C(=O)[C@H](C#N)C(=O)Nc2ccccn2)ccc1C. The van der Waals surface area contributed by atoms with Crippen LogP contribution in [-0.2, 0) is 4.79 Å². The first-order valence-corrected chi connectivity index (χ1v) is 6.87. The van der Waals surface area contributed by atoms with E-state index in [-0.39, 0.29) is 11.4 Å². The monoisotopic (exact) mass is 309 g/mol. The van der Waals surface area contributed by atoms with Crippen molar-refractivity contribution in [2.45, 2.75) is 6.92 Å². The summed E-state index contributed by atoms with van der Waals surface area (Å²) in [5.41, 5.74) is 1.10. The number of nitriles is 1. The molecular weight excluding hydrogens is 294 g/mol. The summed E-state index contributed by atoms with van der Waals surface area (Å²) in [5.74, 6) is -1.94. The first kappa shape index (κ1) is 16.2. The summed E-state index contributed by atoms with van der Waals surface area (Å²) in [5, 5.41) is 11.7. The quantitative estimate of drug-likeness (QED) is 0.676. The molecule has 1 heterocycles. The third kappa shape index (κ3) is 3.71. The number of ether oxygens (including phenoxy) is 1. The zero-order chi connectivity index (χ0) is 16.8. The molecule has 0 saturated heterocycles. The molecule has 1 amide bonds. The van der Waals surface area contributed by atoms with Crippen LogP contribution in [0.15, 0.2) is 42.6 Å². The molecule has 23 heavy (non-hydrogen) atoms. The highest BCUT2D eigenvalue weighted by molar-refractivity contribution is 6.15. The Balaban J connectivity index is 2.22. The van der Waals surface area contributed by atoms with Crippen molar-refractivity contribution in [1.82, 2.24) is 4.98 Å². The third-order valence-electron chi connectivity index (χ3n) is 3.26. The largest absolute Gasteiger partial charge is 0.496 e. The number of aromatic nitrogens is 1. The van der Waals surface area contributed by atoms with Gasteiger partial charge in [0.2, 0.25) is 0 Å². The number of aryl methyl sites for hydroxylation is 1. The zero-order valence-corrected chi connectivity index (χ0v) is 12.7. The van der Waals surface area contributed by atoms with Gasteiger partial charge >= 0.3 is 0 Å². The number of methoxy groups -OCH3 is 1. The van der Waals surface area contributed by atoms with E-state index in [2.05, 4.69) is 10.3 Å². The number of hydrogen-bond donors (Lipinski definition) is 1. The summed E-state index contributed by atoms with van der Waals surface area (Å²) in [6.07, 6.45) is 1.50. The number of hydrogen-bond acceptors (Lipinski definition) is 5. The normalized spacial score (nSPS) is 11.2. The van der Waals surface area contributed by atoms with Crippen molar-refractivity contribution < 1.29 is 14.3 Å². The van der Waals surface area contributed by atoms with E-state index in [1.807, 2.05) is 6.92 Å². The number of nitrogens with one attached hydrogen (secondary N) is 1. The Hall–Kier alpha value is -3.20. The van der Waals surface area contributed by atoms with Crippen LogP contribution in [0.3, 0.4) is 0 Å². The van der Waals surface area contributed by atoms with Gasteiger partial charge in [0.05, 0.1) is 13.2 Å². The van der Waals surface area contributed by atoms with Crippen molar-refractivity contribution in [1.29, 1.82) is 5.26 Å². The Morgan fingerprint density at radius 1 is 1.30 bits per heavy atom. The van der Waals surface area contributed by atoms with Gasteiger partial charge in [-0.1, -0.05) is 18.2 Å². The average Bonchev–Trinajstić information content (AvgIpc) is 2.56. The second-order valence-electron chi connectivity index (χ2n) is 4.81. The molecule has 0 saturated carbocycles. The third-order valence-corrected chi connectivity index (χ3v) is 3.26. The predicted octanol–water partition coefficient (Wildman–Crippen LogP) is 2.36. The molecule has 0 radical (unpaired) electrons. The Labute approximate surface area is 133 Å². The van der Waals surface area contributed by atoms with Gasteiger partial charge in [-0.15, -0.1) is 0 Å². The molecule has 1 aromatic carbocycles. The van der Waals surface area contributed by atoms with Crippen molar-refractivity contribution in [2.75, 3.05) is 12.4 Å². The van der Waals surface area contributed by atoms with E-state index < -0.39 is 17.6 Å². The molecule has 6 heteroatoms. The second-order valence-corrected chi connectivity index (χ2v) is 4.81. The number of nitrogens with zero attached hydrogens (tertiary/aromatic N) is 2. The lowest BCUT2D eigenvalue weighted by Gasteiger charge is -2.11. The number of carbonyl (C=O) groups is 2. The number of pyridine rings is 1. The molecule has 2 rings (SSSR count). The van der Waals surface area contributed by atoms with E-state index in [0.717, 1.165) is 5.56 Å². The lowest BCUT2D eigenvalue weighted by atomic mass is 9.97. The van der Waals surface area contributed by atoms with Gasteiger partial charge in [0.1, 0.15) is 11.6 Å². The molecule has 1 atom stereocenters. The van der Waals surface area contributed by atoms with Crippen LogP contribution in [0.5, 0.6) is 5.75 Å². The standard InChI is InChI=1S/C17H15N3O3/c1-11-6-7-12(9-14(11)23-2)16(21)13(10-18)17(22)20-15-5-3-4-8-19-15/h3-9,13H,1-2H3,(H,19,20,22)/t13-/m0/s1. The maximum absolute atomic E-state index is 12.4. The van der Waals surface area contributed by atoms with E-state index in [1.54, 1.807) is 36.4 Å². The van der Waals surface area contributed by atoms with Gasteiger partial charge in [0, 0.05) is 11.8 Å². The lowest BCUT2D eigenvalue weighted by Crippen LogP contribution is -2.29. The van der Waals surface area contributed by atoms with Gasteiger partial charge in [-0.2, -0.15) is 5.26 Å². The van der Waals surface area contributed by atoms with Crippen LogP contribution in [0, 0.1) is 24.2 Å². The van der Waals surface area contributed by atoms with Crippen molar-refractivity contribution in [3.8, 4) is 11.8 Å². The summed E-state index contributed by atoms with van der Waals surface area (Å²) >= 11 is 0. The number of ketones is 1. The fraction of sp³-hybridized carbons (Fsp3) is 0.176. The Morgan fingerprint density at radius 3 is 2.70 bits per heavy atom. The van der Waals surface area contributed by atoms with E-state index in [1.165, 1.54) is 19.4 Å². The van der Waals surface area contributed by atoms with Gasteiger partial charge in [-0.3, -0.25) is 9.59 Å². The second kappa shape index (κ2) is 7.18. The minimum absolute atomic E-state index is 0.246. The predicted molar refractivity (Wildman–Crippen MR) is 84.0 cm³/mol. The molecule has 0 bridgehead atoms. The highest BCUT2D eigenvalue weighted by Gasteiger charge is 2.28. The highest BCUT2D eigenvalue weighted by atomic mass is 16.5. The van der Waals surface area contributed by atoms with Gasteiger partial charge in [-0.05, 0) is 30.7 Å². The van der Waals surface area contributed by atoms with E-state index in [9.17, 15) is 14.9 Å². The van der Waals surface area contributed by atoms with Gasteiger partial charge in [0.25, 0.3) is 5.91 Å². The molecule has 0 aliphatic heterocycles. The fourth-order valence-electron chi connectivity index (χ4n) is 2.01. The number of Topliss-reactive ketones (excluding diaryl/α,β-unsaturated/α-hetero) is 1. The van der Waals surface area contributed by atoms with Crippen molar-refractivity contribution >= 4 is 17.5 Å². The molecule has 0 fully saturated rings. The van der Waals surface area contributed by atoms with Crippen LogP contribution in [0.25, 0.3) is 0 Å². The molecule has 1 N–H and O–H groups in total. The fourth-order valence-corrected chi connectivity index (χ4v) is 2.01. The Bertz CT molecular complexity index is 766. The molecule has 0 aliphatic carbocycles. The first-order chi connectivity index (χ1) is 11.1. The van der Waals surface area contributed by atoms with Crippen LogP contribution in [0.2, 0.25) is 0 Å². The molecule has 116 valence electrons. The van der Waals surface area contributed by atoms with E-state index >= 15 is 0 Å². The van der Waals surface area contributed by atoms with Crippen LogP contribution in [0.4, 0.5) is 5.82 Å². The maximum atomic E-state index is 12.4. The van der Waals surface area contributed by atoms with Crippen LogP contribution in [-0.4, -0.2) is 23.8 Å². The van der Waals surface area contributed by atoms with Crippen molar-refractivity contribution in [3.05, 3.63) is 53.7 Å². The Kier molecular flexibility index (Phi) is 5.05. The van der Waals surface area contributed by atoms with Crippen LogP contribution in [0.1, 0.15) is 15.9 Å². The first-order valence-electron chi connectivity index (χ1n) is 6.87. The topological polar surface area (TPSA) is 92.1 Å². The number of rotatable bonds is 5. The van der Waals surface area contributed by atoms with Crippen LogP contribution >= 0.6 is 0 Å². The van der Waals surface area contributed by atoms with Gasteiger partial charge < -0.3 is 10.1 Å². The molecule has 0 aliphatic rings. The summed E-state index contributed by atoms with van der Waals surface area (Å²) in [7, 11) is 1.49. The molecule has 6 nitrogen and oxygen atoms in total. The zero-order valence-electron chi connectivity index (χ0n) is 12.7. The van der Waals surface area contributed by atoms with Crippen molar-refractivity contribution in [3.63, 3.8) is 0 Å². The number of carbonyl (C=O) groups excluding carboxylic acids is 2. The summed E-state index contributed by atoms with van der Waals surface area (Å²) in [4.78, 5) is 28.5. The molecular formula is C17H15N3O3. The molecule has 1 aromatic heterocycles. The van der Waals surface area contributed by atoms with E-state index in [4.69, 9.17) is 4.74 Å². The maximum Gasteiger partial charge on any atom is 0.250 e. The lowest BCUT2D eigenvalue weighted by molar-refractivity contribution is -0.117. The minimum atomic E-state index is -1.45. The van der Waals surface area contributed by atoms with Crippen molar-refractivity contribution in [2.24, 2.45) is 5.92 Å². The Morgan fingerprint density at radius 2 is 2.09 bits per heavy atom. The van der Waals surface area contributed by atoms with Gasteiger partial charge in [-0.25, -0.2) is 4.98 Å². The van der Waals surface area contributed by atoms with Gasteiger partial charge in [0.15, 0.2) is 11.7 Å².